The van der Waals surface area contributed by atoms with E-state index in [0.717, 1.165) is 21.8 Å². The number of thioether (sulfide) groups is 1. The van der Waals surface area contributed by atoms with Gasteiger partial charge in [0.1, 0.15) is 11.6 Å². The summed E-state index contributed by atoms with van der Waals surface area (Å²) in [6, 6.07) is 17.4. The van der Waals surface area contributed by atoms with Gasteiger partial charge in [-0.3, -0.25) is 14.5 Å². The van der Waals surface area contributed by atoms with Gasteiger partial charge in [0.2, 0.25) is 5.17 Å². The molecular formula is C24H14BrFN4O3S. The van der Waals surface area contributed by atoms with E-state index in [9.17, 15) is 19.1 Å². The molecule has 2 aliphatic rings. The van der Waals surface area contributed by atoms with E-state index in [1.807, 2.05) is 0 Å². The number of hydrogen-bond acceptors (Lipinski definition) is 6. The lowest BCUT2D eigenvalue weighted by Gasteiger charge is -2.14. The maximum Gasteiger partial charge on any atom is 0.276 e. The molecule has 2 aliphatic heterocycles. The van der Waals surface area contributed by atoms with Crippen LogP contribution in [0.4, 0.5) is 15.8 Å². The lowest BCUT2D eigenvalue weighted by molar-refractivity contribution is -0.113. The van der Waals surface area contributed by atoms with Crippen LogP contribution in [0.5, 0.6) is 5.75 Å². The Morgan fingerprint density at radius 2 is 1.74 bits per heavy atom. The lowest BCUT2D eigenvalue weighted by Crippen LogP contribution is -2.28. The van der Waals surface area contributed by atoms with Gasteiger partial charge in [0.15, 0.2) is 5.71 Å². The van der Waals surface area contributed by atoms with E-state index in [1.165, 1.54) is 35.2 Å². The van der Waals surface area contributed by atoms with E-state index >= 15 is 0 Å². The Balaban J connectivity index is 1.57. The minimum Gasteiger partial charge on any atom is -0.508 e. The summed E-state index contributed by atoms with van der Waals surface area (Å²) in [4.78, 5) is 27.4. The molecule has 0 atom stereocenters. The smallest absolute Gasteiger partial charge is 0.276 e. The van der Waals surface area contributed by atoms with Crippen LogP contribution in [0.15, 0.2) is 86.3 Å². The van der Waals surface area contributed by atoms with Crippen molar-refractivity contribution in [3.8, 4) is 5.75 Å². The minimum absolute atomic E-state index is 0.0400. The SMILES string of the molecule is O=C1Nc2ccc(F)cc2C1=NN=C1SC(=Cc2ccc(O)cc2)C(=O)N1c1ccc(Br)cc1. The Hall–Kier alpha value is -3.76. The lowest BCUT2D eigenvalue weighted by atomic mass is 10.1. The number of hydrogen-bond donors (Lipinski definition) is 2. The highest BCUT2D eigenvalue weighted by Crippen LogP contribution is 2.37. The fourth-order valence-corrected chi connectivity index (χ4v) is 4.59. The molecule has 168 valence electrons. The summed E-state index contributed by atoms with van der Waals surface area (Å²) in [5.74, 6) is -1.21. The number of aromatic hydroxyl groups is 1. The average molecular weight is 537 g/mol. The van der Waals surface area contributed by atoms with Crippen LogP contribution in [0.25, 0.3) is 6.08 Å². The molecule has 0 saturated carbocycles. The van der Waals surface area contributed by atoms with Gasteiger partial charge in [0, 0.05) is 10.0 Å². The van der Waals surface area contributed by atoms with Crippen molar-refractivity contribution < 1.29 is 19.1 Å². The zero-order chi connectivity index (χ0) is 23.8. The standard InChI is InChI=1S/C24H14BrFN4O3S/c25-14-3-6-16(7-4-14)30-23(33)20(11-13-1-8-17(31)9-2-13)34-24(30)29-28-21-18-12-15(26)5-10-19(18)27-22(21)32/h1-12,31H,(H,27,28,32). The molecule has 7 nitrogen and oxygen atoms in total. The number of nitrogens with one attached hydrogen (secondary N) is 1. The summed E-state index contributed by atoms with van der Waals surface area (Å²) in [7, 11) is 0. The molecule has 0 radical (unpaired) electrons. The minimum atomic E-state index is -0.505. The number of rotatable bonds is 3. The van der Waals surface area contributed by atoms with Crippen molar-refractivity contribution in [2.45, 2.75) is 0 Å². The normalized spacial score (nSPS) is 18.8. The maximum absolute atomic E-state index is 13.7. The highest BCUT2D eigenvalue weighted by molar-refractivity contribution is 9.10. The Kier molecular flexibility index (Phi) is 5.76. The van der Waals surface area contributed by atoms with Gasteiger partial charge in [-0.05, 0) is 78.0 Å². The summed E-state index contributed by atoms with van der Waals surface area (Å²) in [6.07, 6.45) is 1.68. The molecule has 2 heterocycles. The Morgan fingerprint density at radius 3 is 2.47 bits per heavy atom. The van der Waals surface area contributed by atoms with Crippen molar-refractivity contribution in [2.75, 3.05) is 10.2 Å². The van der Waals surface area contributed by atoms with Crippen LogP contribution in [0.3, 0.4) is 0 Å². The van der Waals surface area contributed by atoms with Crippen LogP contribution in [0.2, 0.25) is 0 Å². The molecule has 3 aromatic rings. The van der Waals surface area contributed by atoms with Crippen molar-refractivity contribution >= 4 is 67.8 Å². The molecule has 0 aromatic heterocycles. The number of anilines is 2. The molecule has 1 fully saturated rings. The largest absolute Gasteiger partial charge is 0.508 e. The first-order valence-electron chi connectivity index (χ1n) is 9.94. The van der Waals surface area contributed by atoms with Crippen molar-refractivity contribution in [3.05, 3.63) is 93.1 Å². The van der Waals surface area contributed by atoms with E-state index in [1.54, 1.807) is 42.5 Å². The highest BCUT2D eigenvalue weighted by atomic mass is 79.9. The first kappa shape index (κ1) is 22.1. The number of phenolic OH excluding ortho intramolecular Hbond substituents is 1. The van der Waals surface area contributed by atoms with Crippen molar-refractivity contribution in [2.24, 2.45) is 10.2 Å². The molecule has 0 unspecified atom stereocenters. The third-order valence-corrected chi connectivity index (χ3v) is 6.51. The fourth-order valence-electron chi connectivity index (χ4n) is 3.40. The van der Waals surface area contributed by atoms with Gasteiger partial charge in [0.25, 0.3) is 11.8 Å². The van der Waals surface area contributed by atoms with E-state index in [-0.39, 0.29) is 22.5 Å². The molecular weight excluding hydrogens is 523 g/mol. The second-order valence-corrected chi connectivity index (χ2v) is 9.22. The molecule has 2 N–H and O–H groups in total. The number of carbonyl (C=O) groups excluding carboxylic acids is 2. The van der Waals surface area contributed by atoms with Crippen molar-refractivity contribution in [3.63, 3.8) is 0 Å². The van der Waals surface area contributed by atoms with Crippen LogP contribution in [-0.2, 0) is 9.59 Å². The van der Waals surface area contributed by atoms with Crippen LogP contribution >= 0.6 is 27.7 Å². The second-order valence-electron chi connectivity index (χ2n) is 7.29. The molecule has 3 aromatic carbocycles. The third-order valence-electron chi connectivity index (χ3n) is 5.02. The van der Waals surface area contributed by atoms with Crippen LogP contribution in [0.1, 0.15) is 11.1 Å². The van der Waals surface area contributed by atoms with Crippen LogP contribution in [-0.4, -0.2) is 27.8 Å². The number of amides is 2. The van der Waals surface area contributed by atoms with Gasteiger partial charge in [-0.25, -0.2) is 4.39 Å². The van der Waals surface area contributed by atoms with Gasteiger partial charge in [-0.2, -0.15) is 0 Å². The number of carbonyl (C=O) groups is 2. The number of amidine groups is 1. The molecule has 1 saturated heterocycles. The summed E-state index contributed by atoms with van der Waals surface area (Å²) in [5.41, 5.74) is 1.99. The van der Waals surface area contributed by atoms with Gasteiger partial charge < -0.3 is 10.4 Å². The van der Waals surface area contributed by atoms with Crippen molar-refractivity contribution in [1.29, 1.82) is 0 Å². The number of fused-ring (bicyclic) bond motifs is 1. The Labute approximate surface area is 205 Å². The molecule has 5 rings (SSSR count). The van der Waals surface area contributed by atoms with E-state index < -0.39 is 11.7 Å². The second kappa shape index (κ2) is 8.88. The highest BCUT2D eigenvalue weighted by Gasteiger charge is 2.35. The van der Waals surface area contributed by atoms with Crippen molar-refractivity contribution in [1.82, 2.24) is 0 Å². The number of nitrogens with zero attached hydrogens (tertiary/aromatic N) is 3. The van der Waals surface area contributed by atoms with Crippen LogP contribution < -0.4 is 10.2 Å². The number of phenols is 1. The van der Waals surface area contributed by atoms with Gasteiger partial charge in [0.05, 0.1) is 16.3 Å². The number of halogens is 2. The van der Waals surface area contributed by atoms with E-state index in [0.29, 0.717) is 21.8 Å². The topological polar surface area (TPSA) is 94.4 Å². The summed E-state index contributed by atoms with van der Waals surface area (Å²) < 4.78 is 14.6. The predicted octanol–water partition coefficient (Wildman–Crippen LogP) is 5.13. The third kappa shape index (κ3) is 4.25. The molecule has 2 amide bonds. The maximum atomic E-state index is 13.7. The zero-order valence-electron chi connectivity index (χ0n) is 17.2. The molecule has 0 bridgehead atoms. The molecule has 0 spiro atoms. The first-order valence-corrected chi connectivity index (χ1v) is 11.6. The van der Waals surface area contributed by atoms with Gasteiger partial charge in [-0.15, -0.1) is 10.2 Å². The predicted molar refractivity (Wildman–Crippen MR) is 134 cm³/mol. The molecule has 34 heavy (non-hydrogen) atoms. The van der Waals surface area contributed by atoms with E-state index in [4.69, 9.17) is 0 Å². The van der Waals surface area contributed by atoms with Crippen LogP contribution in [0, 0.1) is 5.82 Å². The quantitative estimate of drug-likeness (QED) is 0.358. The van der Waals surface area contributed by atoms with E-state index in [2.05, 4.69) is 31.4 Å². The summed E-state index contributed by atoms with van der Waals surface area (Å²) in [5, 5.41) is 20.7. The average Bonchev–Trinajstić information content (AvgIpc) is 3.29. The Morgan fingerprint density at radius 1 is 1.00 bits per heavy atom. The summed E-state index contributed by atoms with van der Waals surface area (Å²) in [6.45, 7) is 0. The zero-order valence-corrected chi connectivity index (χ0v) is 19.6. The first-order chi connectivity index (χ1) is 16.4. The fraction of sp³-hybridized carbons (Fsp3) is 0. The monoisotopic (exact) mass is 536 g/mol. The number of benzene rings is 3. The van der Waals surface area contributed by atoms with Gasteiger partial charge in [-0.1, -0.05) is 28.1 Å². The molecule has 10 heteroatoms. The van der Waals surface area contributed by atoms with Gasteiger partial charge >= 0.3 is 0 Å². The Bertz CT molecular complexity index is 1420. The molecule has 0 aliphatic carbocycles. The summed E-state index contributed by atoms with van der Waals surface area (Å²) >= 11 is 4.48.